The molecule has 0 aliphatic carbocycles. The van der Waals surface area contributed by atoms with Crippen LogP contribution in [-0.2, 0) is 26.3 Å². The van der Waals surface area contributed by atoms with Crippen molar-refractivity contribution in [2.45, 2.75) is 26.2 Å². The molecule has 0 saturated heterocycles. The number of alkyl halides is 3. The molecule has 2 aromatic rings. The molecule has 0 spiro atoms. The molecular formula is C13H16F3N5O. The lowest BCUT2D eigenvalue weighted by atomic mass is 10.3. The van der Waals surface area contributed by atoms with Gasteiger partial charge in [0, 0.05) is 32.9 Å². The van der Waals surface area contributed by atoms with Crippen molar-refractivity contribution in [3.63, 3.8) is 0 Å². The molecule has 0 fully saturated rings. The first-order valence-electron chi connectivity index (χ1n) is 6.61. The van der Waals surface area contributed by atoms with E-state index in [9.17, 15) is 18.0 Å². The maximum atomic E-state index is 12.7. The van der Waals surface area contributed by atoms with E-state index < -0.39 is 17.8 Å². The van der Waals surface area contributed by atoms with Gasteiger partial charge in [-0.3, -0.25) is 14.2 Å². The van der Waals surface area contributed by atoms with Crippen LogP contribution in [0.4, 0.5) is 13.2 Å². The van der Waals surface area contributed by atoms with Crippen LogP contribution in [-0.4, -0.2) is 37.4 Å². The highest BCUT2D eigenvalue weighted by Gasteiger charge is 2.36. The largest absolute Gasteiger partial charge is 0.433 e. The fourth-order valence-electron chi connectivity index (χ4n) is 2.01. The van der Waals surface area contributed by atoms with Crippen molar-refractivity contribution in [1.82, 2.24) is 24.5 Å². The third-order valence-electron chi connectivity index (χ3n) is 3.16. The Morgan fingerprint density at radius 2 is 2.05 bits per heavy atom. The van der Waals surface area contributed by atoms with Gasteiger partial charge in [0.2, 0.25) is 0 Å². The van der Waals surface area contributed by atoms with Gasteiger partial charge in [-0.25, -0.2) is 0 Å². The van der Waals surface area contributed by atoms with E-state index in [1.54, 1.807) is 16.9 Å². The normalized spacial score (nSPS) is 11.7. The topological polar surface area (TPSA) is 56.0 Å². The van der Waals surface area contributed by atoms with Crippen LogP contribution in [0.2, 0.25) is 0 Å². The van der Waals surface area contributed by atoms with Gasteiger partial charge in [-0.1, -0.05) is 0 Å². The first kappa shape index (κ1) is 16.1. The number of hydrogen-bond donors (Lipinski definition) is 0. The van der Waals surface area contributed by atoms with E-state index in [1.807, 2.05) is 6.92 Å². The predicted molar refractivity (Wildman–Crippen MR) is 71.9 cm³/mol. The molecule has 0 N–H and O–H groups in total. The fourth-order valence-corrected chi connectivity index (χ4v) is 2.01. The monoisotopic (exact) mass is 315 g/mol. The number of aryl methyl sites for hydroxylation is 2. The Morgan fingerprint density at radius 3 is 2.55 bits per heavy atom. The van der Waals surface area contributed by atoms with Crippen molar-refractivity contribution in [3.8, 4) is 0 Å². The van der Waals surface area contributed by atoms with Crippen molar-refractivity contribution in [1.29, 1.82) is 0 Å². The molecule has 22 heavy (non-hydrogen) atoms. The number of carbonyl (C=O) groups is 1. The Labute approximate surface area is 125 Å². The summed E-state index contributed by atoms with van der Waals surface area (Å²) in [6.45, 7) is 2.83. The third kappa shape index (κ3) is 3.29. The molecule has 2 heterocycles. The third-order valence-corrected chi connectivity index (χ3v) is 3.16. The Balaban J connectivity index is 2.13. The number of aromatic nitrogens is 4. The summed E-state index contributed by atoms with van der Waals surface area (Å²) < 4.78 is 40.5. The minimum atomic E-state index is -4.54. The number of carbonyl (C=O) groups excluding carboxylic acids is 1. The van der Waals surface area contributed by atoms with Gasteiger partial charge in [0.1, 0.15) is 5.69 Å². The fraction of sp³-hybridized carbons (Fsp3) is 0.462. The average molecular weight is 315 g/mol. The molecule has 0 bridgehead atoms. The van der Waals surface area contributed by atoms with Gasteiger partial charge < -0.3 is 4.90 Å². The predicted octanol–water partition coefficient (Wildman–Crippen LogP) is 1.93. The first-order chi connectivity index (χ1) is 10.2. The van der Waals surface area contributed by atoms with Gasteiger partial charge in [-0.15, -0.1) is 0 Å². The minimum Gasteiger partial charge on any atom is -0.334 e. The lowest BCUT2D eigenvalue weighted by Gasteiger charge is -2.14. The lowest BCUT2D eigenvalue weighted by molar-refractivity contribution is -0.143. The van der Waals surface area contributed by atoms with Crippen LogP contribution in [0.15, 0.2) is 18.3 Å². The summed E-state index contributed by atoms with van der Waals surface area (Å²) in [4.78, 5) is 13.4. The Hall–Kier alpha value is -2.32. The maximum Gasteiger partial charge on any atom is 0.433 e. The van der Waals surface area contributed by atoms with Crippen LogP contribution in [0.3, 0.4) is 0 Å². The Morgan fingerprint density at radius 1 is 1.36 bits per heavy atom. The highest BCUT2D eigenvalue weighted by atomic mass is 19.4. The molecule has 6 nitrogen and oxygen atoms in total. The van der Waals surface area contributed by atoms with E-state index in [1.165, 1.54) is 11.9 Å². The van der Waals surface area contributed by atoms with Crippen LogP contribution < -0.4 is 0 Å². The van der Waals surface area contributed by atoms with E-state index in [4.69, 9.17) is 0 Å². The summed E-state index contributed by atoms with van der Waals surface area (Å²) in [5.74, 6) is -0.586. The number of hydrogen-bond acceptors (Lipinski definition) is 3. The molecule has 0 radical (unpaired) electrons. The number of rotatable bonds is 4. The molecule has 1 amide bonds. The van der Waals surface area contributed by atoms with Crippen molar-refractivity contribution in [3.05, 3.63) is 35.4 Å². The molecule has 2 rings (SSSR count). The maximum absolute atomic E-state index is 12.7. The van der Waals surface area contributed by atoms with Crippen LogP contribution in [0, 0.1) is 0 Å². The molecule has 2 aromatic heterocycles. The summed E-state index contributed by atoms with van der Waals surface area (Å²) in [5, 5.41) is 7.86. The molecule has 0 aliphatic heterocycles. The molecule has 0 aliphatic rings. The molecular weight excluding hydrogens is 299 g/mol. The van der Waals surface area contributed by atoms with E-state index in [0.29, 0.717) is 16.9 Å². The number of amides is 1. The summed E-state index contributed by atoms with van der Waals surface area (Å²) in [6.07, 6.45) is -2.77. The van der Waals surface area contributed by atoms with E-state index in [-0.39, 0.29) is 12.2 Å². The number of nitrogens with zero attached hydrogens (tertiary/aromatic N) is 5. The van der Waals surface area contributed by atoms with Gasteiger partial charge in [0.25, 0.3) is 5.91 Å². The van der Waals surface area contributed by atoms with E-state index in [0.717, 1.165) is 13.1 Å². The quantitative estimate of drug-likeness (QED) is 0.866. The molecule has 120 valence electrons. The zero-order valence-electron chi connectivity index (χ0n) is 12.4. The van der Waals surface area contributed by atoms with Crippen LogP contribution in [0.25, 0.3) is 0 Å². The first-order valence-corrected chi connectivity index (χ1v) is 6.61. The SMILES string of the molecule is CCn1ccc(CN(C)C(=O)c2cc(C(F)(F)F)n(C)n2)n1. The summed E-state index contributed by atoms with van der Waals surface area (Å²) in [6, 6.07) is 2.51. The van der Waals surface area contributed by atoms with Gasteiger partial charge in [-0.05, 0) is 13.0 Å². The van der Waals surface area contributed by atoms with Crippen molar-refractivity contribution >= 4 is 5.91 Å². The van der Waals surface area contributed by atoms with E-state index >= 15 is 0 Å². The molecule has 0 atom stereocenters. The minimum absolute atomic E-state index is 0.198. The van der Waals surface area contributed by atoms with E-state index in [2.05, 4.69) is 10.2 Å². The average Bonchev–Trinajstić information content (AvgIpc) is 3.03. The summed E-state index contributed by atoms with van der Waals surface area (Å²) >= 11 is 0. The van der Waals surface area contributed by atoms with Crippen molar-refractivity contribution in [2.75, 3.05) is 7.05 Å². The Kier molecular flexibility index (Phi) is 4.25. The second kappa shape index (κ2) is 5.82. The van der Waals surface area contributed by atoms with Crippen LogP contribution in [0.5, 0.6) is 0 Å². The smallest absolute Gasteiger partial charge is 0.334 e. The molecule has 0 saturated carbocycles. The lowest BCUT2D eigenvalue weighted by Crippen LogP contribution is -2.27. The van der Waals surface area contributed by atoms with Crippen molar-refractivity contribution < 1.29 is 18.0 Å². The number of halogens is 3. The standard InChI is InChI=1S/C13H16F3N5O/c1-4-21-6-5-9(17-21)8-19(2)12(22)10-7-11(13(14,15)16)20(3)18-10/h5-7H,4,8H2,1-3H3. The van der Waals surface area contributed by atoms with Crippen molar-refractivity contribution in [2.24, 2.45) is 7.05 Å². The molecule has 0 aromatic carbocycles. The zero-order valence-corrected chi connectivity index (χ0v) is 12.4. The summed E-state index contributed by atoms with van der Waals surface area (Å²) in [7, 11) is 2.65. The summed E-state index contributed by atoms with van der Waals surface area (Å²) in [5.41, 5.74) is -0.545. The Bertz CT molecular complexity index is 674. The van der Waals surface area contributed by atoms with Gasteiger partial charge in [0.05, 0.1) is 12.2 Å². The van der Waals surface area contributed by atoms with Gasteiger partial charge in [-0.2, -0.15) is 23.4 Å². The highest BCUT2D eigenvalue weighted by molar-refractivity contribution is 5.92. The van der Waals surface area contributed by atoms with Crippen LogP contribution in [0.1, 0.15) is 28.8 Å². The second-order valence-electron chi connectivity index (χ2n) is 4.86. The second-order valence-corrected chi connectivity index (χ2v) is 4.86. The zero-order chi connectivity index (χ0) is 16.5. The van der Waals surface area contributed by atoms with Crippen LogP contribution >= 0.6 is 0 Å². The molecule has 9 heteroatoms. The van der Waals surface area contributed by atoms with Gasteiger partial charge in [0.15, 0.2) is 5.69 Å². The molecule has 0 unspecified atom stereocenters. The van der Waals surface area contributed by atoms with Gasteiger partial charge >= 0.3 is 6.18 Å². The highest BCUT2D eigenvalue weighted by Crippen LogP contribution is 2.29.